The molecular formula is C32H32BrN3O5S. The van der Waals surface area contributed by atoms with Crippen molar-refractivity contribution >= 4 is 43.5 Å². The van der Waals surface area contributed by atoms with Gasteiger partial charge in [-0.05, 0) is 59.7 Å². The summed E-state index contributed by atoms with van der Waals surface area (Å²) in [6.07, 6.45) is 0.236. The Hall–Kier alpha value is -4.15. The van der Waals surface area contributed by atoms with Gasteiger partial charge in [-0.3, -0.25) is 13.9 Å². The van der Waals surface area contributed by atoms with Crippen molar-refractivity contribution in [3.05, 3.63) is 125 Å². The summed E-state index contributed by atoms with van der Waals surface area (Å²) < 4.78 is 35.0. The number of anilines is 1. The lowest BCUT2D eigenvalue weighted by molar-refractivity contribution is -0.139. The highest BCUT2D eigenvalue weighted by molar-refractivity contribution is 9.10. The van der Waals surface area contributed by atoms with E-state index >= 15 is 0 Å². The normalized spacial score (nSPS) is 11.8. The number of likely N-dealkylation sites (N-methyl/N-ethyl adjacent to an activating group) is 1. The van der Waals surface area contributed by atoms with Crippen LogP contribution in [0.3, 0.4) is 0 Å². The largest absolute Gasteiger partial charge is 0.497 e. The Morgan fingerprint density at radius 2 is 1.48 bits per heavy atom. The monoisotopic (exact) mass is 649 g/mol. The first-order valence-corrected chi connectivity index (χ1v) is 15.5. The van der Waals surface area contributed by atoms with E-state index in [9.17, 15) is 18.0 Å². The van der Waals surface area contributed by atoms with Crippen molar-refractivity contribution in [2.75, 3.05) is 25.0 Å². The average molecular weight is 651 g/mol. The molecule has 0 aliphatic carbocycles. The Bertz CT molecular complexity index is 1600. The molecule has 1 atom stereocenters. The third-order valence-corrected chi connectivity index (χ3v) is 9.05. The molecule has 0 aliphatic rings. The summed E-state index contributed by atoms with van der Waals surface area (Å²) in [5.41, 5.74) is 1.90. The highest BCUT2D eigenvalue weighted by Gasteiger charge is 2.34. The maximum absolute atomic E-state index is 14.3. The van der Waals surface area contributed by atoms with Gasteiger partial charge in [0.2, 0.25) is 11.8 Å². The van der Waals surface area contributed by atoms with E-state index in [4.69, 9.17) is 4.74 Å². The van der Waals surface area contributed by atoms with Gasteiger partial charge in [0.15, 0.2) is 0 Å². The molecule has 0 aromatic heterocycles. The second kappa shape index (κ2) is 14.2. The standard InChI is InChI=1S/C32H32BrN3O5S/c1-34-32(38)30(21-24-10-5-3-6-11-24)35(22-25-12-9-13-28(20-25)41-2)31(37)23-36(27-18-16-26(33)17-19-27)42(39,40)29-14-7-4-8-15-29/h3-20,30H,21-23H2,1-2H3,(H,34,38)/t30-/m1/s1. The fourth-order valence-electron chi connectivity index (χ4n) is 4.54. The first kappa shape index (κ1) is 30.8. The van der Waals surface area contributed by atoms with Crippen molar-refractivity contribution in [2.45, 2.75) is 23.9 Å². The maximum Gasteiger partial charge on any atom is 0.264 e. The van der Waals surface area contributed by atoms with Crippen LogP contribution in [0.5, 0.6) is 5.75 Å². The van der Waals surface area contributed by atoms with E-state index < -0.39 is 28.5 Å². The minimum absolute atomic E-state index is 0.0483. The van der Waals surface area contributed by atoms with Crippen molar-refractivity contribution in [3.8, 4) is 5.75 Å². The van der Waals surface area contributed by atoms with Gasteiger partial charge in [0, 0.05) is 24.5 Å². The lowest BCUT2D eigenvalue weighted by Gasteiger charge is -2.33. The molecule has 4 aromatic carbocycles. The van der Waals surface area contributed by atoms with Crippen LogP contribution in [0.1, 0.15) is 11.1 Å². The average Bonchev–Trinajstić information content (AvgIpc) is 3.02. The van der Waals surface area contributed by atoms with Crippen LogP contribution in [-0.2, 0) is 32.6 Å². The molecule has 0 spiro atoms. The number of benzene rings is 4. The molecule has 42 heavy (non-hydrogen) atoms. The lowest BCUT2D eigenvalue weighted by Crippen LogP contribution is -2.53. The van der Waals surface area contributed by atoms with Gasteiger partial charge >= 0.3 is 0 Å². The number of hydrogen-bond acceptors (Lipinski definition) is 5. The van der Waals surface area contributed by atoms with Crippen LogP contribution in [0.4, 0.5) is 5.69 Å². The number of nitrogens with one attached hydrogen (secondary N) is 1. The fraction of sp³-hybridized carbons (Fsp3) is 0.188. The van der Waals surface area contributed by atoms with Crippen LogP contribution in [0.25, 0.3) is 0 Å². The van der Waals surface area contributed by atoms with Crippen LogP contribution in [0.2, 0.25) is 0 Å². The zero-order valence-corrected chi connectivity index (χ0v) is 25.7. The summed E-state index contributed by atoms with van der Waals surface area (Å²) in [6, 6.07) is 30.3. The number of carbonyl (C=O) groups excluding carboxylic acids is 2. The minimum atomic E-state index is -4.14. The first-order chi connectivity index (χ1) is 20.2. The first-order valence-electron chi connectivity index (χ1n) is 13.2. The predicted octanol–water partition coefficient (Wildman–Crippen LogP) is 5.04. The van der Waals surface area contributed by atoms with Crippen molar-refractivity contribution < 1.29 is 22.7 Å². The summed E-state index contributed by atoms with van der Waals surface area (Å²) in [7, 11) is -1.07. The van der Waals surface area contributed by atoms with Crippen molar-refractivity contribution in [1.29, 1.82) is 0 Å². The number of ether oxygens (including phenoxy) is 1. The number of hydrogen-bond donors (Lipinski definition) is 1. The van der Waals surface area contributed by atoms with E-state index in [2.05, 4.69) is 21.2 Å². The van der Waals surface area contributed by atoms with Gasteiger partial charge in [-0.2, -0.15) is 0 Å². The van der Waals surface area contributed by atoms with Crippen molar-refractivity contribution in [1.82, 2.24) is 10.2 Å². The van der Waals surface area contributed by atoms with E-state index in [1.807, 2.05) is 36.4 Å². The van der Waals surface area contributed by atoms with Crippen LogP contribution >= 0.6 is 15.9 Å². The predicted molar refractivity (Wildman–Crippen MR) is 167 cm³/mol. The number of halogens is 1. The third-order valence-electron chi connectivity index (χ3n) is 6.73. The summed E-state index contributed by atoms with van der Waals surface area (Å²) in [6.45, 7) is -0.467. The Morgan fingerprint density at radius 3 is 2.10 bits per heavy atom. The van der Waals surface area contributed by atoms with Gasteiger partial charge < -0.3 is 15.0 Å². The van der Waals surface area contributed by atoms with E-state index in [1.54, 1.807) is 67.8 Å². The van der Waals surface area contributed by atoms with Crippen LogP contribution in [0.15, 0.2) is 119 Å². The molecule has 8 nitrogen and oxygen atoms in total. The molecule has 0 fully saturated rings. The lowest BCUT2D eigenvalue weighted by atomic mass is 10.0. The van der Waals surface area contributed by atoms with Gasteiger partial charge in [-0.1, -0.05) is 76.6 Å². The Kier molecular flexibility index (Phi) is 10.4. The van der Waals surface area contributed by atoms with Gasteiger partial charge in [0.05, 0.1) is 17.7 Å². The molecule has 0 unspecified atom stereocenters. The van der Waals surface area contributed by atoms with Gasteiger partial charge in [-0.25, -0.2) is 8.42 Å². The van der Waals surface area contributed by atoms with Gasteiger partial charge in [-0.15, -0.1) is 0 Å². The molecule has 4 rings (SSSR count). The summed E-state index contributed by atoms with van der Waals surface area (Å²) in [5, 5.41) is 2.68. The summed E-state index contributed by atoms with van der Waals surface area (Å²) >= 11 is 3.39. The zero-order chi connectivity index (χ0) is 30.1. The van der Waals surface area contributed by atoms with Gasteiger partial charge in [0.1, 0.15) is 18.3 Å². The maximum atomic E-state index is 14.3. The molecule has 0 saturated heterocycles. The highest BCUT2D eigenvalue weighted by Crippen LogP contribution is 2.26. The number of amides is 2. The molecule has 1 N–H and O–H groups in total. The van der Waals surface area contributed by atoms with E-state index in [1.165, 1.54) is 24.1 Å². The molecule has 0 bridgehead atoms. The van der Waals surface area contributed by atoms with E-state index in [-0.39, 0.29) is 23.8 Å². The van der Waals surface area contributed by atoms with Crippen LogP contribution < -0.4 is 14.4 Å². The number of rotatable bonds is 12. The number of carbonyl (C=O) groups is 2. The van der Waals surface area contributed by atoms with Crippen molar-refractivity contribution in [3.63, 3.8) is 0 Å². The Labute approximate surface area is 255 Å². The number of methoxy groups -OCH3 is 1. The topological polar surface area (TPSA) is 96.0 Å². The van der Waals surface area contributed by atoms with Gasteiger partial charge in [0.25, 0.3) is 10.0 Å². The quantitative estimate of drug-likeness (QED) is 0.232. The fourth-order valence-corrected chi connectivity index (χ4v) is 6.24. The summed E-state index contributed by atoms with van der Waals surface area (Å²) in [5.74, 6) is -0.302. The minimum Gasteiger partial charge on any atom is -0.497 e. The smallest absolute Gasteiger partial charge is 0.264 e. The molecule has 218 valence electrons. The third kappa shape index (κ3) is 7.57. The van der Waals surface area contributed by atoms with Crippen LogP contribution in [-0.4, -0.2) is 51.9 Å². The van der Waals surface area contributed by atoms with E-state index in [0.717, 1.165) is 19.9 Å². The molecular weight excluding hydrogens is 618 g/mol. The van der Waals surface area contributed by atoms with Crippen molar-refractivity contribution in [2.24, 2.45) is 0 Å². The molecule has 0 heterocycles. The molecule has 4 aromatic rings. The Balaban J connectivity index is 1.78. The number of sulfonamides is 1. The highest BCUT2D eigenvalue weighted by atomic mass is 79.9. The molecule has 2 amide bonds. The summed E-state index contributed by atoms with van der Waals surface area (Å²) in [4.78, 5) is 29.1. The molecule has 10 heteroatoms. The molecule has 0 aliphatic heterocycles. The zero-order valence-electron chi connectivity index (χ0n) is 23.3. The Morgan fingerprint density at radius 1 is 0.857 bits per heavy atom. The second-order valence-electron chi connectivity index (χ2n) is 9.49. The molecule has 0 radical (unpaired) electrons. The van der Waals surface area contributed by atoms with Crippen LogP contribution in [0, 0.1) is 0 Å². The second-order valence-corrected chi connectivity index (χ2v) is 12.3. The molecule has 0 saturated carbocycles. The SMILES string of the molecule is CNC(=O)[C@@H](Cc1ccccc1)N(Cc1cccc(OC)c1)C(=O)CN(c1ccc(Br)cc1)S(=O)(=O)c1ccccc1. The van der Waals surface area contributed by atoms with E-state index in [0.29, 0.717) is 11.4 Å². The number of nitrogens with zero attached hydrogens (tertiary/aromatic N) is 2.